The topological polar surface area (TPSA) is 95.9 Å². The molecule has 2 aromatic rings. The molecule has 3 rings (SSSR count). The predicted octanol–water partition coefficient (Wildman–Crippen LogP) is 2.54. The van der Waals surface area contributed by atoms with Gasteiger partial charge >= 0.3 is 6.09 Å². The fourth-order valence-corrected chi connectivity index (χ4v) is 4.27. The van der Waals surface area contributed by atoms with E-state index in [1.54, 1.807) is 30.3 Å². The zero-order valence-electron chi connectivity index (χ0n) is 12.9. The smallest absolute Gasteiger partial charge is 0.409 e. The monoisotopic (exact) mass is 348 g/mol. The summed E-state index contributed by atoms with van der Waals surface area (Å²) in [6, 6.07) is 11.1. The van der Waals surface area contributed by atoms with Crippen molar-refractivity contribution in [3.8, 4) is 5.75 Å². The average Bonchev–Trinajstić information content (AvgIpc) is 3.00. The van der Waals surface area contributed by atoms with E-state index in [1.165, 1.54) is 23.5 Å². The quantitative estimate of drug-likeness (QED) is 0.885. The van der Waals surface area contributed by atoms with Crippen LogP contribution in [0.3, 0.4) is 0 Å². The van der Waals surface area contributed by atoms with Crippen molar-refractivity contribution in [2.75, 3.05) is 23.3 Å². The van der Waals surface area contributed by atoms with Crippen molar-refractivity contribution >= 4 is 27.5 Å². The molecule has 0 atom stereocenters. The molecule has 0 saturated heterocycles. The lowest BCUT2D eigenvalue weighted by molar-refractivity contribution is 0.210. The van der Waals surface area contributed by atoms with E-state index in [0.717, 1.165) is 5.56 Å². The number of hydrogen-bond acceptors (Lipinski definition) is 4. The van der Waals surface area contributed by atoms with Crippen LogP contribution in [0.1, 0.15) is 5.56 Å². The zero-order chi connectivity index (χ0) is 17.3. The highest BCUT2D eigenvalue weighted by Crippen LogP contribution is 2.39. The van der Waals surface area contributed by atoms with Crippen molar-refractivity contribution in [2.45, 2.75) is 11.3 Å². The summed E-state index contributed by atoms with van der Waals surface area (Å²) in [6.45, 7) is 0.266. The van der Waals surface area contributed by atoms with Gasteiger partial charge in [-0.1, -0.05) is 12.1 Å². The van der Waals surface area contributed by atoms with Gasteiger partial charge in [-0.05, 0) is 42.3 Å². The minimum absolute atomic E-state index is 0.126. The van der Waals surface area contributed by atoms with E-state index in [2.05, 4.69) is 5.32 Å². The Morgan fingerprint density at radius 3 is 2.54 bits per heavy atom. The fourth-order valence-electron chi connectivity index (χ4n) is 2.75. The van der Waals surface area contributed by atoms with Crippen LogP contribution in [0, 0.1) is 0 Å². The highest BCUT2D eigenvalue weighted by molar-refractivity contribution is 7.92. The lowest BCUT2D eigenvalue weighted by atomic mass is 10.1. The van der Waals surface area contributed by atoms with Crippen LogP contribution in [-0.2, 0) is 16.4 Å². The molecule has 2 N–H and O–H groups in total. The predicted molar refractivity (Wildman–Crippen MR) is 89.3 cm³/mol. The summed E-state index contributed by atoms with van der Waals surface area (Å²) in [5.41, 5.74) is 1.43. The molecule has 0 spiro atoms. The second-order valence-electron chi connectivity index (χ2n) is 5.25. The maximum atomic E-state index is 12.9. The number of para-hydroxylation sites is 1. The van der Waals surface area contributed by atoms with Gasteiger partial charge in [-0.25, -0.2) is 13.2 Å². The van der Waals surface area contributed by atoms with Gasteiger partial charge in [-0.2, -0.15) is 0 Å². The summed E-state index contributed by atoms with van der Waals surface area (Å²) < 4.78 is 32.2. The Morgan fingerprint density at radius 1 is 1.21 bits per heavy atom. The van der Waals surface area contributed by atoms with Crippen LogP contribution in [0.15, 0.2) is 47.4 Å². The van der Waals surface area contributed by atoms with Crippen molar-refractivity contribution in [1.29, 1.82) is 0 Å². The second kappa shape index (κ2) is 6.04. The van der Waals surface area contributed by atoms with Gasteiger partial charge in [0.15, 0.2) is 0 Å². The molecule has 0 saturated carbocycles. The summed E-state index contributed by atoms with van der Waals surface area (Å²) in [5.74, 6) is 0.559. The molecular formula is C16H16N2O5S. The molecule has 0 aliphatic carbocycles. The van der Waals surface area contributed by atoms with E-state index in [9.17, 15) is 13.2 Å². The molecule has 0 aromatic heterocycles. The summed E-state index contributed by atoms with van der Waals surface area (Å²) in [5, 5.41) is 11.2. The highest BCUT2D eigenvalue weighted by Gasteiger charge is 2.33. The third-order valence-electron chi connectivity index (χ3n) is 3.84. The standard InChI is InChI=1S/C16H16N2O5S/c1-23-12-5-7-13(8-6-12)24(21,22)18-10-9-11-3-2-4-14(15(11)18)17-16(19)20/h2-8,17H,9-10H2,1H3,(H,19,20). The summed E-state index contributed by atoms with van der Waals surface area (Å²) in [7, 11) is -2.29. The molecule has 1 amide bonds. The van der Waals surface area contributed by atoms with Crippen LogP contribution in [0.4, 0.5) is 16.2 Å². The first kappa shape index (κ1) is 16.1. The van der Waals surface area contributed by atoms with Gasteiger partial charge in [0.05, 0.1) is 23.4 Å². The number of sulfonamides is 1. The molecule has 1 aliphatic heterocycles. The van der Waals surface area contributed by atoms with Crippen molar-refractivity contribution in [3.63, 3.8) is 0 Å². The molecule has 126 valence electrons. The van der Waals surface area contributed by atoms with E-state index in [-0.39, 0.29) is 17.1 Å². The SMILES string of the molecule is COc1ccc(S(=O)(=O)N2CCc3cccc(NC(=O)O)c32)cc1. The first-order valence-corrected chi connectivity index (χ1v) is 8.66. The van der Waals surface area contributed by atoms with E-state index >= 15 is 0 Å². The van der Waals surface area contributed by atoms with Gasteiger partial charge in [0.1, 0.15) is 5.75 Å². The lowest BCUT2D eigenvalue weighted by Gasteiger charge is -2.22. The Kier molecular flexibility index (Phi) is 4.06. The highest BCUT2D eigenvalue weighted by atomic mass is 32.2. The molecule has 24 heavy (non-hydrogen) atoms. The summed E-state index contributed by atoms with van der Waals surface area (Å²) in [4.78, 5) is 11.1. The number of methoxy groups -OCH3 is 1. The minimum Gasteiger partial charge on any atom is -0.497 e. The molecule has 0 fully saturated rings. The van der Waals surface area contributed by atoms with E-state index in [1.807, 2.05) is 0 Å². The molecular weight excluding hydrogens is 332 g/mol. The van der Waals surface area contributed by atoms with Crippen molar-refractivity contribution in [2.24, 2.45) is 0 Å². The number of nitrogens with zero attached hydrogens (tertiary/aromatic N) is 1. The number of anilines is 2. The Labute approximate surface area is 139 Å². The minimum atomic E-state index is -3.79. The zero-order valence-corrected chi connectivity index (χ0v) is 13.7. The van der Waals surface area contributed by atoms with Crippen molar-refractivity contribution in [3.05, 3.63) is 48.0 Å². The van der Waals surface area contributed by atoms with Crippen molar-refractivity contribution in [1.82, 2.24) is 0 Å². The van der Waals surface area contributed by atoms with Crippen LogP contribution in [0.2, 0.25) is 0 Å². The Hall–Kier alpha value is -2.74. The molecule has 0 radical (unpaired) electrons. The number of benzene rings is 2. The maximum Gasteiger partial charge on any atom is 0.409 e. The van der Waals surface area contributed by atoms with E-state index in [0.29, 0.717) is 17.9 Å². The Morgan fingerprint density at radius 2 is 1.92 bits per heavy atom. The molecule has 0 unspecified atom stereocenters. The van der Waals surface area contributed by atoms with Gasteiger partial charge in [0, 0.05) is 6.54 Å². The van der Waals surface area contributed by atoms with Gasteiger partial charge in [-0.3, -0.25) is 9.62 Å². The molecule has 2 aromatic carbocycles. The average molecular weight is 348 g/mol. The van der Waals surface area contributed by atoms with Gasteiger partial charge < -0.3 is 9.84 Å². The molecule has 7 nitrogen and oxygen atoms in total. The van der Waals surface area contributed by atoms with Crippen LogP contribution in [-0.4, -0.2) is 33.3 Å². The molecule has 8 heteroatoms. The molecule has 1 heterocycles. The number of ether oxygens (including phenoxy) is 1. The Bertz CT molecular complexity index is 878. The van der Waals surface area contributed by atoms with Gasteiger partial charge in [0.2, 0.25) is 0 Å². The van der Waals surface area contributed by atoms with Crippen LogP contribution in [0.5, 0.6) is 5.75 Å². The van der Waals surface area contributed by atoms with Crippen molar-refractivity contribution < 1.29 is 23.1 Å². The number of fused-ring (bicyclic) bond motifs is 1. The number of amides is 1. The second-order valence-corrected chi connectivity index (χ2v) is 7.11. The molecule has 1 aliphatic rings. The lowest BCUT2D eigenvalue weighted by Crippen LogP contribution is -2.30. The van der Waals surface area contributed by atoms with Crippen LogP contribution >= 0.6 is 0 Å². The number of rotatable bonds is 4. The first-order valence-electron chi connectivity index (χ1n) is 7.22. The normalized spacial score (nSPS) is 13.5. The number of hydrogen-bond donors (Lipinski definition) is 2. The van der Waals surface area contributed by atoms with E-state index < -0.39 is 16.1 Å². The van der Waals surface area contributed by atoms with Crippen LogP contribution < -0.4 is 14.4 Å². The van der Waals surface area contributed by atoms with Crippen LogP contribution in [0.25, 0.3) is 0 Å². The van der Waals surface area contributed by atoms with Gasteiger partial charge in [-0.15, -0.1) is 0 Å². The fraction of sp³-hybridized carbons (Fsp3) is 0.188. The third-order valence-corrected chi connectivity index (χ3v) is 5.66. The third kappa shape index (κ3) is 2.76. The maximum absolute atomic E-state index is 12.9. The Balaban J connectivity index is 2.04. The first-order chi connectivity index (χ1) is 11.4. The van der Waals surface area contributed by atoms with Gasteiger partial charge in [0.25, 0.3) is 10.0 Å². The number of carboxylic acid groups (broad SMARTS) is 1. The summed E-state index contributed by atoms with van der Waals surface area (Å²) in [6.07, 6.45) is -0.711. The molecule has 0 bridgehead atoms. The summed E-state index contributed by atoms with van der Waals surface area (Å²) >= 11 is 0. The number of carbonyl (C=O) groups is 1. The largest absolute Gasteiger partial charge is 0.497 e. The number of nitrogens with one attached hydrogen (secondary N) is 1. The van der Waals surface area contributed by atoms with E-state index in [4.69, 9.17) is 9.84 Å².